The molecule has 0 atom stereocenters. The first-order valence-corrected chi connectivity index (χ1v) is 7.36. The molecule has 0 aromatic heterocycles. The molecule has 0 radical (unpaired) electrons. The van der Waals surface area contributed by atoms with E-state index in [9.17, 15) is 9.00 Å². The maximum atomic E-state index is 11.2. The molecular formula is C13H17NO2S. The lowest BCUT2D eigenvalue weighted by Gasteiger charge is -2.23. The van der Waals surface area contributed by atoms with Gasteiger partial charge in [-0.3, -0.25) is 9.00 Å². The Morgan fingerprint density at radius 3 is 2.35 bits per heavy atom. The standard InChI is InChI=1S/C13H17NO2S/c1-10(15)11-2-4-12(5-3-11)14-13-6-8-17(16)9-7-13/h2-5,13-14H,6-9H2,1H3. The van der Waals surface area contributed by atoms with Gasteiger partial charge in [0.1, 0.15) is 0 Å². The molecule has 0 spiro atoms. The third-order valence-electron chi connectivity index (χ3n) is 3.05. The van der Waals surface area contributed by atoms with Crippen molar-refractivity contribution in [3.05, 3.63) is 29.8 Å². The van der Waals surface area contributed by atoms with E-state index in [4.69, 9.17) is 0 Å². The van der Waals surface area contributed by atoms with Gasteiger partial charge < -0.3 is 5.32 Å². The van der Waals surface area contributed by atoms with E-state index in [1.165, 1.54) is 0 Å². The van der Waals surface area contributed by atoms with Crippen LogP contribution in [0.15, 0.2) is 24.3 Å². The predicted octanol–water partition coefficient (Wildman–Crippen LogP) is 2.21. The lowest BCUT2D eigenvalue weighted by Crippen LogP contribution is -2.29. The molecule has 1 fully saturated rings. The fourth-order valence-electron chi connectivity index (χ4n) is 1.98. The van der Waals surface area contributed by atoms with Crippen molar-refractivity contribution in [3.63, 3.8) is 0 Å². The fraction of sp³-hybridized carbons (Fsp3) is 0.462. The van der Waals surface area contributed by atoms with E-state index in [-0.39, 0.29) is 5.78 Å². The number of nitrogens with one attached hydrogen (secondary N) is 1. The minimum absolute atomic E-state index is 0.0876. The number of Topliss-reactive ketones (excluding diaryl/α,β-unsaturated/α-hetero) is 1. The number of hydrogen-bond acceptors (Lipinski definition) is 3. The quantitative estimate of drug-likeness (QED) is 0.838. The first-order chi connectivity index (χ1) is 8.15. The summed E-state index contributed by atoms with van der Waals surface area (Å²) >= 11 is 0. The summed E-state index contributed by atoms with van der Waals surface area (Å²) in [7, 11) is -0.613. The smallest absolute Gasteiger partial charge is 0.159 e. The van der Waals surface area contributed by atoms with Crippen LogP contribution in [0.5, 0.6) is 0 Å². The average molecular weight is 251 g/mol. The van der Waals surface area contributed by atoms with Crippen LogP contribution in [0.4, 0.5) is 5.69 Å². The number of carbonyl (C=O) groups excluding carboxylic acids is 1. The second kappa shape index (κ2) is 5.45. The Hall–Kier alpha value is -1.16. The molecule has 0 amide bonds. The van der Waals surface area contributed by atoms with Crippen LogP contribution in [0, 0.1) is 0 Å². The first-order valence-electron chi connectivity index (χ1n) is 5.87. The molecule has 2 rings (SSSR count). The number of ketones is 1. The Bertz CT molecular complexity index is 418. The van der Waals surface area contributed by atoms with Crippen molar-refractivity contribution in [1.82, 2.24) is 0 Å². The molecule has 1 heterocycles. The van der Waals surface area contributed by atoms with Crippen molar-refractivity contribution < 1.29 is 9.00 Å². The number of benzene rings is 1. The number of anilines is 1. The maximum absolute atomic E-state index is 11.2. The average Bonchev–Trinajstić information content (AvgIpc) is 2.33. The monoisotopic (exact) mass is 251 g/mol. The number of hydrogen-bond donors (Lipinski definition) is 1. The van der Waals surface area contributed by atoms with Crippen LogP contribution in [-0.4, -0.2) is 27.5 Å². The summed E-state index contributed by atoms with van der Waals surface area (Å²) < 4.78 is 11.2. The van der Waals surface area contributed by atoms with Gasteiger partial charge in [-0.25, -0.2) is 0 Å². The molecule has 0 saturated carbocycles. The molecule has 1 N–H and O–H groups in total. The zero-order valence-corrected chi connectivity index (χ0v) is 10.8. The van der Waals surface area contributed by atoms with Gasteiger partial charge in [0.05, 0.1) is 0 Å². The molecule has 0 bridgehead atoms. The Morgan fingerprint density at radius 2 is 1.82 bits per heavy atom. The molecular weight excluding hydrogens is 234 g/mol. The molecule has 0 unspecified atom stereocenters. The summed E-state index contributed by atoms with van der Waals surface area (Å²) in [6, 6.07) is 7.96. The molecule has 1 saturated heterocycles. The summed E-state index contributed by atoms with van der Waals surface area (Å²) in [5.74, 6) is 1.68. The van der Waals surface area contributed by atoms with Gasteiger partial charge in [0.25, 0.3) is 0 Å². The van der Waals surface area contributed by atoms with Gasteiger partial charge in [-0.2, -0.15) is 0 Å². The molecule has 1 aromatic carbocycles. The highest BCUT2D eigenvalue weighted by atomic mass is 32.2. The molecule has 1 aromatic rings. The van der Waals surface area contributed by atoms with Gasteiger partial charge in [-0.1, -0.05) is 0 Å². The summed E-state index contributed by atoms with van der Waals surface area (Å²) in [6.45, 7) is 1.57. The second-order valence-electron chi connectivity index (χ2n) is 4.40. The predicted molar refractivity (Wildman–Crippen MR) is 71.0 cm³/mol. The molecule has 17 heavy (non-hydrogen) atoms. The van der Waals surface area contributed by atoms with Gasteiger partial charge in [-0.05, 0) is 44.0 Å². The van der Waals surface area contributed by atoms with Crippen LogP contribution in [0.3, 0.4) is 0 Å². The van der Waals surface area contributed by atoms with Crippen molar-refractivity contribution in [2.75, 3.05) is 16.8 Å². The normalized spacial score (nSPS) is 24.3. The maximum Gasteiger partial charge on any atom is 0.159 e. The van der Waals surface area contributed by atoms with Crippen LogP contribution in [0.1, 0.15) is 30.1 Å². The Kier molecular flexibility index (Phi) is 3.94. The van der Waals surface area contributed by atoms with E-state index in [0.29, 0.717) is 6.04 Å². The van der Waals surface area contributed by atoms with Crippen LogP contribution in [-0.2, 0) is 10.8 Å². The summed E-state index contributed by atoms with van der Waals surface area (Å²) in [4.78, 5) is 11.1. The fourth-order valence-corrected chi connectivity index (χ4v) is 3.27. The number of rotatable bonds is 3. The van der Waals surface area contributed by atoms with Crippen LogP contribution < -0.4 is 5.32 Å². The van der Waals surface area contributed by atoms with Crippen molar-refractivity contribution in [2.24, 2.45) is 0 Å². The van der Waals surface area contributed by atoms with Crippen molar-refractivity contribution in [3.8, 4) is 0 Å². The highest BCUT2D eigenvalue weighted by Crippen LogP contribution is 2.17. The lowest BCUT2D eigenvalue weighted by molar-refractivity contribution is 0.101. The Morgan fingerprint density at radius 1 is 1.24 bits per heavy atom. The summed E-state index contributed by atoms with van der Waals surface area (Å²) in [5, 5.41) is 3.42. The molecule has 1 aliphatic rings. The third kappa shape index (κ3) is 3.40. The zero-order valence-electron chi connectivity index (χ0n) is 9.94. The van der Waals surface area contributed by atoms with E-state index in [0.717, 1.165) is 35.6 Å². The topological polar surface area (TPSA) is 46.2 Å². The molecule has 4 heteroatoms. The first kappa shape index (κ1) is 12.3. The van der Waals surface area contributed by atoms with E-state index in [2.05, 4.69) is 5.32 Å². The highest BCUT2D eigenvalue weighted by Gasteiger charge is 2.17. The Balaban J connectivity index is 1.95. The van der Waals surface area contributed by atoms with E-state index in [1.54, 1.807) is 6.92 Å². The van der Waals surface area contributed by atoms with Gasteiger partial charge >= 0.3 is 0 Å². The van der Waals surface area contributed by atoms with Gasteiger partial charge in [-0.15, -0.1) is 0 Å². The van der Waals surface area contributed by atoms with Crippen LogP contribution in [0.25, 0.3) is 0 Å². The van der Waals surface area contributed by atoms with Crippen molar-refractivity contribution >= 4 is 22.3 Å². The minimum Gasteiger partial charge on any atom is -0.382 e. The van der Waals surface area contributed by atoms with Crippen molar-refractivity contribution in [2.45, 2.75) is 25.8 Å². The van der Waals surface area contributed by atoms with E-state index in [1.807, 2.05) is 24.3 Å². The minimum atomic E-state index is -0.613. The molecule has 1 aliphatic heterocycles. The third-order valence-corrected chi connectivity index (χ3v) is 4.43. The molecule has 92 valence electrons. The Labute approximate surface area is 104 Å². The molecule has 0 aliphatic carbocycles. The van der Waals surface area contributed by atoms with Crippen molar-refractivity contribution in [1.29, 1.82) is 0 Å². The van der Waals surface area contributed by atoms with E-state index >= 15 is 0 Å². The van der Waals surface area contributed by atoms with Crippen LogP contribution in [0.2, 0.25) is 0 Å². The lowest BCUT2D eigenvalue weighted by atomic mass is 10.1. The van der Waals surface area contributed by atoms with Crippen LogP contribution >= 0.6 is 0 Å². The van der Waals surface area contributed by atoms with Gasteiger partial charge in [0.15, 0.2) is 5.78 Å². The van der Waals surface area contributed by atoms with Gasteiger partial charge in [0.2, 0.25) is 0 Å². The second-order valence-corrected chi connectivity index (χ2v) is 6.10. The van der Waals surface area contributed by atoms with Gasteiger partial charge in [0, 0.05) is 39.6 Å². The number of carbonyl (C=O) groups is 1. The zero-order chi connectivity index (χ0) is 12.3. The summed E-state index contributed by atoms with van der Waals surface area (Å²) in [6.07, 6.45) is 1.92. The van der Waals surface area contributed by atoms with E-state index < -0.39 is 10.8 Å². The highest BCUT2D eigenvalue weighted by molar-refractivity contribution is 7.85. The SMILES string of the molecule is CC(=O)c1ccc(NC2CCS(=O)CC2)cc1. The largest absolute Gasteiger partial charge is 0.382 e. The molecule has 3 nitrogen and oxygen atoms in total. The summed E-state index contributed by atoms with van der Waals surface area (Å²) in [5.41, 5.74) is 1.77.